The lowest BCUT2D eigenvalue weighted by Crippen LogP contribution is -2.47. The third kappa shape index (κ3) is 2.46. The summed E-state index contributed by atoms with van der Waals surface area (Å²) in [5, 5.41) is 3.43. The third-order valence-corrected chi connectivity index (χ3v) is 5.64. The van der Waals surface area contributed by atoms with Crippen LogP contribution in [0.25, 0.3) is 0 Å². The largest absolute Gasteiger partial charge is 0.381 e. The molecule has 0 unspecified atom stereocenters. The molecule has 0 atom stereocenters. The Labute approximate surface area is 113 Å². The lowest BCUT2D eigenvalue weighted by Gasteiger charge is -2.42. The standard InChI is InChI=1S/C14H22N2OS/c1-14(13-15-6-11-18-13)4-7-16(8-5-14)12-2-9-17-10-3-12/h6,11-12H,2-5,7-10H2,1H3. The maximum Gasteiger partial charge on any atom is 0.0984 e. The van der Waals surface area contributed by atoms with Crippen LogP contribution in [0.5, 0.6) is 0 Å². The fourth-order valence-corrected chi connectivity index (χ4v) is 4.03. The van der Waals surface area contributed by atoms with Gasteiger partial charge in [-0.05, 0) is 38.8 Å². The molecule has 0 spiro atoms. The Morgan fingerprint density at radius 2 is 2.06 bits per heavy atom. The van der Waals surface area contributed by atoms with Crippen LogP contribution in [0.3, 0.4) is 0 Å². The van der Waals surface area contributed by atoms with Crippen molar-refractivity contribution in [1.29, 1.82) is 0 Å². The highest BCUT2D eigenvalue weighted by atomic mass is 32.1. The third-order valence-electron chi connectivity index (χ3n) is 4.56. The molecule has 2 aliphatic heterocycles. The van der Waals surface area contributed by atoms with Gasteiger partial charge in [0, 0.05) is 36.2 Å². The number of nitrogens with zero attached hydrogens (tertiary/aromatic N) is 2. The monoisotopic (exact) mass is 266 g/mol. The Bertz CT molecular complexity index is 365. The van der Waals surface area contributed by atoms with Crippen LogP contribution in [0.2, 0.25) is 0 Å². The Morgan fingerprint density at radius 3 is 2.67 bits per heavy atom. The van der Waals surface area contributed by atoms with Crippen LogP contribution in [-0.4, -0.2) is 42.2 Å². The van der Waals surface area contributed by atoms with Gasteiger partial charge in [-0.25, -0.2) is 4.98 Å². The molecule has 0 amide bonds. The quantitative estimate of drug-likeness (QED) is 0.823. The first-order chi connectivity index (χ1) is 8.78. The predicted molar refractivity (Wildman–Crippen MR) is 74.1 cm³/mol. The van der Waals surface area contributed by atoms with Gasteiger partial charge in [-0.15, -0.1) is 11.3 Å². The summed E-state index contributed by atoms with van der Waals surface area (Å²) >= 11 is 1.82. The molecule has 0 aromatic carbocycles. The van der Waals surface area contributed by atoms with E-state index in [-0.39, 0.29) is 0 Å². The summed E-state index contributed by atoms with van der Waals surface area (Å²) in [5.74, 6) is 0. The van der Waals surface area contributed by atoms with E-state index in [2.05, 4.69) is 22.2 Å². The number of hydrogen-bond acceptors (Lipinski definition) is 4. The maximum atomic E-state index is 5.46. The van der Waals surface area contributed by atoms with Crippen molar-refractivity contribution in [2.75, 3.05) is 26.3 Å². The molecule has 3 rings (SSSR count). The van der Waals surface area contributed by atoms with E-state index >= 15 is 0 Å². The first kappa shape index (κ1) is 12.6. The number of ether oxygens (including phenoxy) is 1. The van der Waals surface area contributed by atoms with E-state index in [9.17, 15) is 0 Å². The number of thiazole rings is 1. The normalized spacial score (nSPS) is 26.3. The van der Waals surface area contributed by atoms with Crippen molar-refractivity contribution < 1.29 is 4.74 Å². The van der Waals surface area contributed by atoms with Crippen LogP contribution in [-0.2, 0) is 10.2 Å². The number of hydrogen-bond donors (Lipinski definition) is 0. The minimum Gasteiger partial charge on any atom is -0.381 e. The second-order valence-corrected chi connectivity index (χ2v) is 6.67. The molecule has 0 N–H and O–H groups in total. The average molecular weight is 266 g/mol. The van der Waals surface area contributed by atoms with Gasteiger partial charge in [0.1, 0.15) is 0 Å². The molecule has 2 aliphatic rings. The van der Waals surface area contributed by atoms with E-state index in [0.717, 1.165) is 19.3 Å². The summed E-state index contributed by atoms with van der Waals surface area (Å²) in [6, 6.07) is 0.764. The fourth-order valence-electron chi connectivity index (χ4n) is 3.17. The van der Waals surface area contributed by atoms with Gasteiger partial charge < -0.3 is 9.64 Å². The minimum atomic E-state index is 0.315. The Balaban J connectivity index is 1.60. The van der Waals surface area contributed by atoms with Crippen molar-refractivity contribution in [2.45, 2.75) is 44.1 Å². The summed E-state index contributed by atoms with van der Waals surface area (Å²) in [4.78, 5) is 7.21. The molecule has 18 heavy (non-hydrogen) atoms. The molecule has 0 radical (unpaired) electrons. The van der Waals surface area contributed by atoms with Crippen molar-refractivity contribution in [3.8, 4) is 0 Å². The molecule has 2 fully saturated rings. The van der Waals surface area contributed by atoms with E-state index in [4.69, 9.17) is 4.74 Å². The molecule has 3 nitrogen and oxygen atoms in total. The van der Waals surface area contributed by atoms with E-state index in [1.807, 2.05) is 17.5 Å². The lowest BCUT2D eigenvalue weighted by molar-refractivity contribution is 0.0186. The van der Waals surface area contributed by atoms with Gasteiger partial charge in [0.2, 0.25) is 0 Å². The van der Waals surface area contributed by atoms with Crippen molar-refractivity contribution >= 4 is 11.3 Å². The topological polar surface area (TPSA) is 25.4 Å². The van der Waals surface area contributed by atoms with Gasteiger partial charge in [-0.3, -0.25) is 0 Å². The number of rotatable bonds is 2. The minimum absolute atomic E-state index is 0.315. The van der Waals surface area contributed by atoms with Gasteiger partial charge >= 0.3 is 0 Å². The molecule has 0 saturated carbocycles. The molecule has 4 heteroatoms. The van der Waals surface area contributed by atoms with Crippen molar-refractivity contribution in [2.24, 2.45) is 0 Å². The molecule has 100 valence electrons. The first-order valence-electron chi connectivity index (χ1n) is 7.00. The average Bonchev–Trinajstić information content (AvgIpc) is 2.95. The SMILES string of the molecule is CC1(c2nccs2)CCN(C2CCOCC2)CC1. The number of aromatic nitrogens is 1. The zero-order valence-electron chi connectivity index (χ0n) is 11.1. The van der Waals surface area contributed by atoms with Crippen molar-refractivity contribution in [3.05, 3.63) is 16.6 Å². The highest BCUT2D eigenvalue weighted by molar-refractivity contribution is 7.09. The lowest BCUT2D eigenvalue weighted by atomic mass is 9.80. The predicted octanol–water partition coefficient (Wildman–Crippen LogP) is 2.68. The summed E-state index contributed by atoms with van der Waals surface area (Å²) in [6.07, 6.45) is 6.87. The Kier molecular flexibility index (Phi) is 3.68. The zero-order chi connectivity index (χ0) is 12.4. The van der Waals surface area contributed by atoms with Gasteiger partial charge in [-0.2, -0.15) is 0 Å². The molecule has 3 heterocycles. The van der Waals surface area contributed by atoms with Crippen LogP contribution in [0.4, 0.5) is 0 Å². The van der Waals surface area contributed by atoms with Crippen molar-refractivity contribution in [1.82, 2.24) is 9.88 Å². The molecular weight excluding hydrogens is 244 g/mol. The van der Waals surface area contributed by atoms with Gasteiger partial charge in [0.25, 0.3) is 0 Å². The highest BCUT2D eigenvalue weighted by Crippen LogP contribution is 2.37. The highest BCUT2D eigenvalue weighted by Gasteiger charge is 2.35. The molecule has 0 aliphatic carbocycles. The maximum absolute atomic E-state index is 5.46. The molecule has 0 bridgehead atoms. The van der Waals surface area contributed by atoms with E-state index < -0.39 is 0 Å². The van der Waals surface area contributed by atoms with Crippen LogP contribution >= 0.6 is 11.3 Å². The smallest absolute Gasteiger partial charge is 0.0984 e. The number of likely N-dealkylation sites (tertiary alicyclic amines) is 1. The van der Waals surface area contributed by atoms with Gasteiger partial charge in [-0.1, -0.05) is 6.92 Å². The van der Waals surface area contributed by atoms with E-state index in [1.165, 1.54) is 43.8 Å². The van der Waals surface area contributed by atoms with Gasteiger partial charge in [0.15, 0.2) is 0 Å². The van der Waals surface area contributed by atoms with Gasteiger partial charge in [0.05, 0.1) is 5.01 Å². The number of piperidine rings is 1. The molecular formula is C14H22N2OS. The summed E-state index contributed by atoms with van der Waals surface area (Å²) < 4.78 is 5.46. The summed E-state index contributed by atoms with van der Waals surface area (Å²) in [5.41, 5.74) is 0.315. The van der Waals surface area contributed by atoms with Crippen molar-refractivity contribution in [3.63, 3.8) is 0 Å². The Morgan fingerprint density at radius 1 is 1.33 bits per heavy atom. The van der Waals surface area contributed by atoms with E-state index in [1.54, 1.807) is 0 Å². The van der Waals surface area contributed by atoms with E-state index in [0.29, 0.717) is 5.41 Å². The summed E-state index contributed by atoms with van der Waals surface area (Å²) in [7, 11) is 0. The summed E-state index contributed by atoms with van der Waals surface area (Å²) in [6.45, 7) is 6.73. The fraction of sp³-hybridized carbons (Fsp3) is 0.786. The van der Waals surface area contributed by atoms with Crippen LogP contribution < -0.4 is 0 Å². The van der Waals surface area contributed by atoms with Crippen LogP contribution in [0.1, 0.15) is 37.6 Å². The first-order valence-corrected chi connectivity index (χ1v) is 7.88. The molecule has 1 aromatic rings. The Hall–Kier alpha value is -0.450. The second kappa shape index (κ2) is 5.27. The van der Waals surface area contributed by atoms with Crippen LogP contribution in [0, 0.1) is 0 Å². The molecule has 1 aromatic heterocycles. The van der Waals surface area contributed by atoms with Crippen LogP contribution in [0.15, 0.2) is 11.6 Å². The molecule has 2 saturated heterocycles. The second-order valence-electron chi connectivity index (χ2n) is 5.78. The zero-order valence-corrected chi connectivity index (χ0v) is 11.9.